The van der Waals surface area contributed by atoms with Gasteiger partial charge in [0, 0.05) is 34.0 Å². The van der Waals surface area contributed by atoms with Crippen LogP contribution in [-0.2, 0) is 13.3 Å². The summed E-state index contributed by atoms with van der Waals surface area (Å²) < 4.78 is 15.0. The van der Waals surface area contributed by atoms with Crippen LogP contribution >= 0.6 is 0 Å². The number of primary amides is 1. The lowest BCUT2D eigenvalue weighted by Crippen LogP contribution is -2.43. The summed E-state index contributed by atoms with van der Waals surface area (Å²) in [7, 11) is 2.10. The first-order valence-electron chi connectivity index (χ1n) is 3.72. The molecule has 7 nitrogen and oxygen atoms in total. The van der Waals surface area contributed by atoms with Crippen molar-refractivity contribution in [3.8, 4) is 0 Å². The summed E-state index contributed by atoms with van der Waals surface area (Å²) in [6, 6.07) is 0.441. The third-order valence-electron chi connectivity index (χ3n) is 1.35. The predicted molar refractivity (Wildman–Crippen MR) is 50.9 cm³/mol. The Morgan fingerprint density at radius 1 is 1.29 bits per heavy atom. The van der Waals surface area contributed by atoms with E-state index in [0.29, 0.717) is 6.04 Å². The fourth-order valence-electron chi connectivity index (χ4n) is 0.693. The highest BCUT2D eigenvalue weighted by Crippen LogP contribution is 2.10. The summed E-state index contributed by atoms with van der Waals surface area (Å²) in [5, 5.41) is 15.8. The molecule has 0 aromatic rings. The van der Waals surface area contributed by atoms with Crippen LogP contribution in [0.15, 0.2) is 0 Å². The first-order valence-corrected chi connectivity index (χ1v) is 5.66. The first-order chi connectivity index (χ1) is 6.47. The second kappa shape index (κ2) is 8.90. The highest BCUT2D eigenvalue weighted by molar-refractivity contribution is 6.60. The Balaban J connectivity index is 0. The minimum Gasteiger partial charge on any atom is -0.465 e. The van der Waals surface area contributed by atoms with Crippen LogP contribution in [0.1, 0.15) is 0 Å². The molecule has 0 saturated heterocycles. The van der Waals surface area contributed by atoms with Crippen molar-refractivity contribution >= 4 is 14.9 Å². The van der Waals surface area contributed by atoms with Crippen molar-refractivity contribution in [3.05, 3.63) is 0 Å². The molecule has 14 heavy (non-hydrogen) atoms. The quantitative estimate of drug-likeness (QED) is 0.545. The van der Waals surface area contributed by atoms with E-state index in [1.807, 2.05) is 0 Å². The van der Waals surface area contributed by atoms with E-state index < -0.39 is 14.9 Å². The Kier molecular flexibility index (Phi) is 10.0. The van der Waals surface area contributed by atoms with E-state index in [1.165, 1.54) is 21.3 Å². The molecule has 0 radical (unpaired) electrons. The van der Waals surface area contributed by atoms with Gasteiger partial charge < -0.3 is 29.2 Å². The van der Waals surface area contributed by atoms with Crippen molar-refractivity contribution in [3.63, 3.8) is 0 Å². The average Bonchev–Trinajstić information content (AvgIpc) is 2.14. The van der Waals surface area contributed by atoms with Gasteiger partial charge >= 0.3 is 14.9 Å². The maximum atomic E-state index is 8.78. The Morgan fingerprint density at radius 3 is 1.64 bits per heavy atom. The fraction of sp³-hybridized carbons (Fsp3) is 0.833. The van der Waals surface area contributed by atoms with E-state index in [0.717, 1.165) is 0 Å². The summed E-state index contributed by atoms with van der Waals surface area (Å²) in [6.07, 6.45) is -1.33. The standard InChI is InChI=1S/C5H14O4Si.CH3NO2/c1-7-10(8-2,9-3)5-4-6;2-1(3)4/h6H,4-5H2,1-3H3;2H2,(H,3,4). The molecular weight excluding hydrogens is 210 g/mol. The predicted octanol–water partition coefficient (Wildman–Crippen LogP) is -0.520. The lowest BCUT2D eigenvalue weighted by atomic mass is 10.9. The minimum absolute atomic E-state index is 0.0295. The third-order valence-corrected chi connectivity index (χ3v) is 4.05. The second-order valence-corrected chi connectivity index (χ2v) is 5.20. The van der Waals surface area contributed by atoms with Crippen LogP contribution in [0.3, 0.4) is 0 Å². The number of hydrogen-bond acceptors (Lipinski definition) is 5. The number of carbonyl (C=O) groups is 1. The molecule has 1 amide bonds. The topological polar surface area (TPSA) is 111 Å². The molecule has 0 aliphatic rings. The van der Waals surface area contributed by atoms with E-state index in [1.54, 1.807) is 0 Å². The van der Waals surface area contributed by atoms with Gasteiger partial charge in [-0.25, -0.2) is 4.79 Å². The first kappa shape index (κ1) is 15.8. The van der Waals surface area contributed by atoms with Crippen molar-refractivity contribution in [1.82, 2.24) is 0 Å². The number of carboxylic acid groups (broad SMARTS) is 1. The van der Waals surface area contributed by atoms with Gasteiger partial charge in [0.05, 0.1) is 0 Å². The molecule has 0 saturated carbocycles. The number of hydrogen-bond donors (Lipinski definition) is 3. The fourth-order valence-corrected chi connectivity index (χ4v) is 2.08. The Morgan fingerprint density at radius 2 is 1.57 bits per heavy atom. The summed E-state index contributed by atoms with van der Waals surface area (Å²) in [5.74, 6) is 0. The SMILES string of the molecule is CO[Si](CCO)(OC)OC.NC(=O)O. The number of nitrogens with two attached hydrogens (primary N) is 1. The largest absolute Gasteiger partial charge is 0.502 e. The van der Waals surface area contributed by atoms with Crippen LogP contribution in [0, 0.1) is 0 Å². The summed E-state index contributed by atoms with van der Waals surface area (Å²) in [6.45, 7) is 0.0295. The van der Waals surface area contributed by atoms with E-state index >= 15 is 0 Å². The zero-order chi connectivity index (χ0) is 11.6. The van der Waals surface area contributed by atoms with Crippen LogP contribution < -0.4 is 5.73 Å². The molecule has 0 spiro atoms. The molecule has 0 bridgehead atoms. The van der Waals surface area contributed by atoms with Gasteiger partial charge in [-0.05, 0) is 0 Å². The van der Waals surface area contributed by atoms with Crippen LogP contribution in [0.4, 0.5) is 4.79 Å². The molecule has 0 aliphatic heterocycles. The second-order valence-electron chi connectivity index (χ2n) is 2.11. The molecule has 8 heteroatoms. The van der Waals surface area contributed by atoms with Crippen molar-refractivity contribution in [2.45, 2.75) is 6.04 Å². The zero-order valence-corrected chi connectivity index (χ0v) is 9.52. The molecule has 0 unspecified atom stereocenters. The molecule has 0 aromatic carbocycles. The molecule has 0 atom stereocenters. The maximum Gasteiger partial charge on any atom is 0.502 e. The van der Waals surface area contributed by atoms with E-state index in [9.17, 15) is 0 Å². The highest BCUT2D eigenvalue weighted by atomic mass is 28.4. The molecule has 0 aliphatic carbocycles. The number of amides is 1. The zero-order valence-electron chi connectivity index (χ0n) is 8.52. The molecular formula is C6H17NO6Si. The smallest absolute Gasteiger partial charge is 0.465 e. The minimum atomic E-state index is -2.47. The monoisotopic (exact) mass is 227 g/mol. The van der Waals surface area contributed by atoms with Gasteiger partial charge in [0.15, 0.2) is 0 Å². The van der Waals surface area contributed by atoms with Crippen molar-refractivity contribution in [1.29, 1.82) is 0 Å². The van der Waals surface area contributed by atoms with Crippen LogP contribution in [0.25, 0.3) is 0 Å². The molecule has 86 valence electrons. The summed E-state index contributed by atoms with van der Waals surface area (Å²) in [4.78, 5) is 8.78. The van der Waals surface area contributed by atoms with Gasteiger partial charge in [-0.1, -0.05) is 0 Å². The molecule has 4 N–H and O–H groups in total. The van der Waals surface area contributed by atoms with E-state index in [-0.39, 0.29) is 6.61 Å². The molecule has 0 heterocycles. The van der Waals surface area contributed by atoms with Gasteiger partial charge in [-0.3, -0.25) is 0 Å². The Labute approximate surface area is 83.8 Å². The average molecular weight is 227 g/mol. The van der Waals surface area contributed by atoms with Crippen molar-refractivity contribution < 1.29 is 28.3 Å². The molecule has 0 fully saturated rings. The Hall–Kier alpha value is -0.673. The number of aliphatic hydroxyl groups excluding tert-OH is 1. The lowest BCUT2D eigenvalue weighted by molar-refractivity contribution is 0.116. The van der Waals surface area contributed by atoms with Gasteiger partial charge in [0.1, 0.15) is 0 Å². The maximum absolute atomic E-state index is 8.78. The van der Waals surface area contributed by atoms with Crippen LogP contribution in [-0.4, -0.2) is 53.0 Å². The number of rotatable bonds is 5. The van der Waals surface area contributed by atoms with E-state index in [4.69, 9.17) is 28.3 Å². The Bertz CT molecular complexity index is 139. The van der Waals surface area contributed by atoms with Crippen molar-refractivity contribution in [2.24, 2.45) is 5.73 Å². The highest BCUT2D eigenvalue weighted by Gasteiger charge is 2.36. The van der Waals surface area contributed by atoms with Gasteiger partial charge in [-0.15, -0.1) is 0 Å². The van der Waals surface area contributed by atoms with Crippen LogP contribution in [0.5, 0.6) is 0 Å². The third kappa shape index (κ3) is 7.95. The van der Waals surface area contributed by atoms with Gasteiger partial charge in [0.2, 0.25) is 0 Å². The molecule has 0 rings (SSSR count). The number of aliphatic hydroxyl groups is 1. The van der Waals surface area contributed by atoms with Crippen molar-refractivity contribution in [2.75, 3.05) is 27.9 Å². The van der Waals surface area contributed by atoms with Crippen LogP contribution in [0.2, 0.25) is 6.04 Å². The normalized spacial score (nSPS) is 10.3. The van der Waals surface area contributed by atoms with Gasteiger partial charge in [-0.2, -0.15) is 0 Å². The summed E-state index contributed by atoms with van der Waals surface area (Å²) >= 11 is 0. The van der Waals surface area contributed by atoms with E-state index in [2.05, 4.69) is 5.73 Å². The summed E-state index contributed by atoms with van der Waals surface area (Å²) in [5.41, 5.74) is 4.03. The lowest BCUT2D eigenvalue weighted by Gasteiger charge is -2.22. The van der Waals surface area contributed by atoms with Gasteiger partial charge in [0.25, 0.3) is 0 Å². The molecule has 0 aromatic heterocycles.